The summed E-state index contributed by atoms with van der Waals surface area (Å²) in [5, 5.41) is 11.1. The number of halogens is 1. The van der Waals surface area contributed by atoms with Crippen molar-refractivity contribution in [1.82, 2.24) is 9.88 Å². The van der Waals surface area contributed by atoms with Gasteiger partial charge < -0.3 is 10.1 Å². The Morgan fingerprint density at radius 3 is 2.77 bits per heavy atom. The second-order valence-corrected chi connectivity index (χ2v) is 7.43. The molecule has 0 fully saturated rings. The Morgan fingerprint density at radius 2 is 2.04 bits per heavy atom. The van der Waals surface area contributed by atoms with Gasteiger partial charge in [-0.05, 0) is 61.3 Å². The Kier molecular flexibility index (Phi) is 4.47. The molecule has 4 nitrogen and oxygen atoms in total. The smallest absolute Gasteiger partial charge is 0.335 e. The molecule has 0 amide bonds. The molecule has 3 aromatic rings. The van der Waals surface area contributed by atoms with Gasteiger partial charge in [0.25, 0.3) is 0 Å². The third-order valence-corrected chi connectivity index (χ3v) is 5.62. The van der Waals surface area contributed by atoms with Crippen molar-refractivity contribution in [3.63, 3.8) is 0 Å². The average Bonchev–Trinajstić information content (AvgIpc) is 3.00. The summed E-state index contributed by atoms with van der Waals surface area (Å²) in [6.45, 7) is 0.997. The zero-order chi connectivity index (χ0) is 18.3. The number of aromatic amines is 1. The van der Waals surface area contributed by atoms with Crippen LogP contribution in [0.3, 0.4) is 0 Å². The highest BCUT2D eigenvalue weighted by atomic mass is 35.5. The lowest BCUT2D eigenvalue weighted by molar-refractivity contribution is 0.0697. The van der Waals surface area contributed by atoms with Gasteiger partial charge in [0.1, 0.15) is 0 Å². The van der Waals surface area contributed by atoms with Crippen LogP contribution in [0.4, 0.5) is 0 Å². The molecular weight excluding hydrogens is 348 g/mol. The van der Waals surface area contributed by atoms with Crippen molar-refractivity contribution in [2.24, 2.45) is 0 Å². The first-order valence-corrected chi connectivity index (χ1v) is 9.23. The van der Waals surface area contributed by atoms with Gasteiger partial charge in [-0.1, -0.05) is 23.7 Å². The van der Waals surface area contributed by atoms with E-state index >= 15 is 0 Å². The Morgan fingerprint density at radius 1 is 1.27 bits per heavy atom. The zero-order valence-corrected chi connectivity index (χ0v) is 15.4. The number of nitrogens with zero attached hydrogens (tertiary/aromatic N) is 1. The number of aromatic carboxylic acids is 1. The number of carboxylic acid groups (broad SMARTS) is 1. The number of aromatic nitrogens is 1. The van der Waals surface area contributed by atoms with Gasteiger partial charge in [0.2, 0.25) is 0 Å². The molecule has 4 rings (SSSR count). The summed E-state index contributed by atoms with van der Waals surface area (Å²) < 4.78 is 0. The molecule has 1 aromatic heterocycles. The number of fused-ring (bicyclic) bond motifs is 3. The number of nitrogens with one attached hydrogen (secondary N) is 1. The van der Waals surface area contributed by atoms with Crippen molar-refractivity contribution in [3.8, 4) is 0 Å². The third-order valence-electron chi connectivity index (χ3n) is 5.37. The van der Waals surface area contributed by atoms with E-state index in [1.807, 2.05) is 18.2 Å². The molecule has 5 heteroatoms. The zero-order valence-electron chi connectivity index (χ0n) is 14.6. The summed E-state index contributed by atoms with van der Waals surface area (Å²) in [6, 6.07) is 13.6. The van der Waals surface area contributed by atoms with Crippen LogP contribution < -0.4 is 0 Å². The molecule has 134 valence electrons. The fourth-order valence-corrected chi connectivity index (χ4v) is 4.09. The minimum Gasteiger partial charge on any atom is -0.478 e. The monoisotopic (exact) mass is 368 g/mol. The van der Waals surface area contributed by atoms with Crippen LogP contribution >= 0.6 is 11.6 Å². The summed E-state index contributed by atoms with van der Waals surface area (Å²) in [7, 11) is 2.15. The molecule has 0 radical (unpaired) electrons. The average molecular weight is 369 g/mol. The molecule has 1 unspecified atom stereocenters. The second-order valence-electron chi connectivity index (χ2n) is 6.99. The van der Waals surface area contributed by atoms with Gasteiger partial charge in [-0.2, -0.15) is 0 Å². The minimum atomic E-state index is -0.885. The molecule has 1 aliphatic heterocycles. The topological polar surface area (TPSA) is 56.3 Å². The fourth-order valence-electron chi connectivity index (χ4n) is 3.96. The quantitative estimate of drug-likeness (QED) is 0.702. The standard InChI is InChI=1S/C21H21ClN2O2/c1-24-11-10-18-20(16-12-14(21(25)26)5-8-17(16)23-18)19(24)9-4-13-2-6-15(22)7-3-13/h2-3,5-8,12,19,23H,4,9-11H2,1H3,(H,25,26). The highest BCUT2D eigenvalue weighted by molar-refractivity contribution is 6.30. The van der Waals surface area contributed by atoms with Crippen LogP contribution in [0.5, 0.6) is 0 Å². The Labute approximate surface area is 157 Å². The van der Waals surface area contributed by atoms with Crippen LogP contribution in [0, 0.1) is 0 Å². The van der Waals surface area contributed by atoms with E-state index in [9.17, 15) is 9.90 Å². The normalized spacial score (nSPS) is 17.4. The summed E-state index contributed by atoms with van der Waals surface area (Å²) in [4.78, 5) is 17.3. The van der Waals surface area contributed by atoms with Crippen LogP contribution in [0.1, 0.15) is 39.6 Å². The fraction of sp³-hybridized carbons (Fsp3) is 0.286. The lowest BCUT2D eigenvalue weighted by Gasteiger charge is -2.33. The Hall–Kier alpha value is -2.30. The van der Waals surface area contributed by atoms with Gasteiger partial charge in [0.15, 0.2) is 0 Å². The SMILES string of the molecule is CN1CCc2[nH]c3ccc(C(=O)O)cc3c2C1CCc1ccc(Cl)cc1. The van der Waals surface area contributed by atoms with Crippen molar-refractivity contribution in [2.45, 2.75) is 25.3 Å². The first-order valence-electron chi connectivity index (χ1n) is 8.85. The van der Waals surface area contributed by atoms with Crippen molar-refractivity contribution in [3.05, 3.63) is 69.9 Å². The summed E-state index contributed by atoms with van der Waals surface area (Å²) in [5.74, 6) is -0.885. The predicted molar refractivity (Wildman–Crippen MR) is 104 cm³/mol. The summed E-state index contributed by atoms with van der Waals surface area (Å²) in [5.41, 5.74) is 5.12. The highest BCUT2D eigenvalue weighted by Gasteiger charge is 2.28. The first kappa shape index (κ1) is 17.1. The van der Waals surface area contributed by atoms with Crippen LogP contribution in [0.2, 0.25) is 5.02 Å². The molecule has 0 aliphatic carbocycles. The number of carboxylic acids is 1. The molecule has 0 bridgehead atoms. The van der Waals surface area contributed by atoms with Gasteiger partial charge in [0.05, 0.1) is 5.56 Å². The number of hydrogen-bond donors (Lipinski definition) is 2. The van der Waals surface area contributed by atoms with Crippen molar-refractivity contribution < 1.29 is 9.90 Å². The molecule has 2 N–H and O–H groups in total. The molecule has 0 spiro atoms. The number of benzene rings is 2. The molecule has 0 saturated carbocycles. The van der Waals surface area contributed by atoms with E-state index in [4.69, 9.17) is 11.6 Å². The van der Waals surface area contributed by atoms with Crippen molar-refractivity contribution in [1.29, 1.82) is 0 Å². The molecular formula is C21H21ClN2O2. The Bertz CT molecular complexity index is 962. The molecule has 26 heavy (non-hydrogen) atoms. The number of hydrogen-bond acceptors (Lipinski definition) is 2. The highest BCUT2D eigenvalue weighted by Crippen LogP contribution is 2.38. The first-order chi connectivity index (χ1) is 12.5. The van der Waals surface area contributed by atoms with Crippen LogP contribution in [-0.4, -0.2) is 34.6 Å². The Balaban J connectivity index is 1.69. The number of rotatable bonds is 4. The van der Waals surface area contributed by atoms with Crippen LogP contribution in [-0.2, 0) is 12.8 Å². The maximum atomic E-state index is 11.4. The van der Waals surface area contributed by atoms with E-state index in [0.717, 1.165) is 41.7 Å². The molecule has 1 aliphatic rings. The molecule has 2 aromatic carbocycles. The third kappa shape index (κ3) is 3.11. The van der Waals surface area contributed by atoms with Crippen LogP contribution in [0.15, 0.2) is 42.5 Å². The summed E-state index contributed by atoms with van der Waals surface area (Å²) in [6.07, 6.45) is 2.90. The van der Waals surface area contributed by atoms with Gasteiger partial charge in [-0.3, -0.25) is 4.90 Å². The number of aryl methyl sites for hydroxylation is 1. The van der Waals surface area contributed by atoms with Crippen molar-refractivity contribution >= 4 is 28.5 Å². The van der Waals surface area contributed by atoms with Crippen molar-refractivity contribution in [2.75, 3.05) is 13.6 Å². The van der Waals surface area contributed by atoms with E-state index in [2.05, 4.69) is 29.1 Å². The number of carbonyl (C=O) groups is 1. The van der Waals surface area contributed by atoms with E-state index < -0.39 is 5.97 Å². The maximum Gasteiger partial charge on any atom is 0.335 e. The van der Waals surface area contributed by atoms with Gasteiger partial charge >= 0.3 is 5.97 Å². The largest absolute Gasteiger partial charge is 0.478 e. The lowest BCUT2D eigenvalue weighted by atomic mass is 9.91. The van der Waals surface area contributed by atoms with E-state index in [-0.39, 0.29) is 6.04 Å². The van der Waals surface area contributed by atoms with E-state index in [0.29, 0.717) is 5.56 Å². The molecule has 0 saturated heterocycles. The maximum absolute atomic E-state index is 11.4. The second kappa shape index (κ2) is 6.78. The molecule has 1 atom stereocenters. The lowest BCUT2D eigenvalue weighted by Crippen LogP contribution is -2.32. The van der Waals surface area contributed by atoms with Gasteiger partial charge in [0, 0.05) is 40.6 Å². The summed E-state index contributed by atoms with van der Waals surface area (Å²) >= 11 is 5.98. The predicted octanol–water partition coefficient (Wildman–Crippen LogP) is 4.68. The number of likely N-dealkylation sites (N-methyl/N-ethyl adjacent to an activating group) is 1. The van der Waals surface area contributed by atoms with Crippen LogP contribution in [0.25, 0.3) is 10.9 Å². The van der Waals surface area contributed by atoms with E-state index in [1.54, 1.807) is 12.1 Å². The van der Waals surface area contributed by atoms with Gasteiger partial charge in [-0.25, -0.2) is 4.79 Å². The number of H-pyrrole nitrogens is 1. The molecule has 2 heterocycles. The van der Waals surface area contributed by atoms with E-state index in [1.165, 1.54) is 16.8 Å². The minimum absolute atomic E-state index is 0.271. The van der Waals surface area contributed by atoms with Gasteiger partial charge in [-0.15, -0.1) is 0 Å².